The Morgan fingerprint density at radius 1 is 1.10 bits per heavy atom. The molecule has 6 rings (SSSR count). The van der Waals surface area contributed by atoms with Gasteiger partial charge in [-0.25, -0.2) is 14.4 Å². The number of benzene rings is 1. The maximum atomic E-state index is 13.5. The second kappa shape index (κ2) is 6.04. The number of H-pyrrole nitrogens is 2. The number of aromatic amines is 2. The predicted molar refractivity (Wildman–Crippen MR) is 107 cm³/mol. The van der Waals surface area contributed by atoms with E-state index in [1.54, 1.807) is 18.5 Å². The average Bonchev–Trinajstić information content (AvgIpc) is 3.42. The number of halogens is 1. The van der Waals surface area contributed by atoms with E-state index >= 15 is 0 Å². The zero-order valence-corrected chi connectivity index (χ0v) is 15.6. The third-order valence-electron chi connectivity index (χ3n) is 6.16. The van der Waals surface area contributed by atoms with Crippen LogP contribution in [0.3, 0.4) is 0 Å². The summed E-state index contributed by atoms with van der Waals surface area (Å²) in [5, 5.41) is 1.72. The molecule has 2 aliphatic heterocycles. The molecule has 1 aromatic carbocycles. The largest absolute Gasteiger partial charge is 0.352 e. The zero-order valence-electron chi connectivity index (χ0n) is 15.6. The minimum Gasteiger partial charge on any atom is -0.352 e. The number of carbonyl (C=O) groups is 1. The number of hydrogen-bond donors (Lipinski definition) is 2. The number of hydrogen-bond acceptors (Lipinski definition) is 4. The van der Waals surface area contributed by atoms with Gasteiger partial charge in [-0.15, -0.1) is 0 Å². The van der Waals surface area contributed by atoms with Gasteiger partial charge in [0.25, 0.3) is 5.91 Å². The van der Waals surface area contributed by atoms with Gasteiger partial charge in [-0.3, -0.25) is 4.79 Å². The van der Waals surface area contributed by atoms with Gasteiger partial charge >= 0.3 is 0 Å². The standard InChI is InChI=1S/C21H19FN6O/c22-13-1-4-17-12(7-13)8-18(26-17)21(29)28-14-2-3-15(28)10-27(9-14)20-16-5-6-23-19(16)24-11-25-20/h1,4-8,11,14-15,26H,2-3,9-10H2,(H,23,24,25). The number of rotatable bonds is 2. The summed E-state index contributed by atoms with van der Waals surface area (Å²) in [5.74, 6) is 0.606. The first kappa shape index (κ1) is 16.5. The molecule has 5 heterocycles. The molecule has 2 unspecified atom stereocenters. The lowest BCUT2D eigenvalue weighted by atomic mass is 10.1. The molecule has 0 radical (unpaired) electrons. The van der Waals surface area contributed by atoms with Crippen molar-refractivity contribution in [3.63, 3.8) is 0 Å². The molecule has 2 aliphatic rings. The summed E-state index contributed by atoms with van der Waals surface area (Å²) in [6, 6.07) is 8.53. The van der Waals surface area contributed by atoms with Crippen LogP contribution in [0.25, 0.3) is 21.9 Å². The Morgan fingerprint density at radius 2 is 1.93 bits per heavy atom. The van der Waals surface area contributed by atoms with Gasteiger partial charge in [0, 0.05) is 30.2 Å². The molecule has 8 heteroatoms. The summed E-state index contributed by atoms with van der Waals surface area (Å²) in [6.07, 6.45) is 5.40. The molecule has 2 saturated heterocycles. The molecule has 2 N–H and O–H groups in total. The van der Waals surface area contributed by atoms with Gasteiger partial charge in [-0.2, -0.15) is 0 Å². The van der Waals surface area contributed by atoms with Crippen LogP contribution >= 0.6 is 0 Å². The predicted octanol–water partition coefficient (Wildman–Crippen LogP) is 3.07. The van der Waals surface area contributed by atoms with Gasteiger partial charge in [0.1, 0.15) is 29.3 Å². The molecule has 0 spiro atoms. The Labute approximate surface area is 165 Å². The van der Waals surface area contributed by atoms with E-state index in [0.717, 1.165) is 53.7 Å². The number of carbonyl (C=O) groups excluding carboxylic acids is 1. The normalized spacial score (nSPS) is 21.4. The van der Waals surface area contributed by atoms with Crippen molar-refractivity contribution in [3.05, 3.63) is 54.4 Å². The van der Waals surface area contributed by atoms with Crippen LogP contribution in [0.1, 0.15) is 23.3 Å². The van der Waals surface area contributed by atoms with Crippen molar-refractivity contribution in [2.24, 2.45) is 0 Å². The van der Waals surface area contributed by atoms with E-state index in [4.69, 9.17) is 0 Å². The second-order valence-corrected chi connectivity index (χ2v) is 7.85. The zero-order chi connectivity index (χ0) is 19.5. The summed E-state index contributed by atoms with van der Waals surface area (Å²) in [4.78, 5) is 32.6. The minimum absolute atomic E-state index is 0.0109. The van der Waals surface area contributed by atoms with Crippen LogP contribution in [0.15, 0.2) is 42.9 Å². The highest BCUT2D eigenvalue weighted by Crippen LogP contribution is 2.35. The molecule has 0 saturated carbocycles. The first-order chi connectivity index (χ1) is 14.2. The molecule has 2 fully saturated rings. The molecule has 7 nitrogen and oxygen atoms in total. The van der Waals surface area contributed by atoms with Crippen LogP contribution in [0, 0.1) is 5.82 Å². The van der Waals surface area contributed by atoms with Crippen LogP contribution in [0.4, 0.5) is 10.2 Å². The van der Waals surface area contributed by atoms with Crippen LogP contribution in [0.2, 0.25) is 0 Å². The molecular formula is C21H19FN6O. The van der Waals surface area contributed by atoms with E-state index in [2.05, 4.69) is 24.8 Å². The Bertz CT molecular complexity index is 1230. The van der Waals surface area contributed by atoms with Gasteiger partial charge in [-0.1, -0.05) is 0 Å². The molecule has 146 valence electrons. The van der Waals surface area contributed by atoms with Gasteiger partial charge in [0.05, 0.1) is 17.5 Å². The van der Waals surface area contributed by atoms with E-state index in [1.807, 2.05) is 17.2 Å². The summed E-state index contributed by atoms with van der Waals surface area (Å²) >= 11 is 0. The molecule has 2 bridgehead atoms. The lowest BCUT2D eigenvalue weighted by Gasteiger charge is -2.41. The Morgan fingerprint density at radius 3 is 2.76 bits per heavy atom. The van der Waals surface area contributed by atoms with Crippen molar-refractivity contribution < 1.29 is 9.18 Å². The quantitative estimate of drug-likeness (QED) is 0.551. The van der Waals surface area contributed by atoms with Crippen molar-refractivity contribution in [2.75, 3.05) is 18.0 Å². The van der Waals surface area contributed by atoms with E-state index < -0.39 is 0 Å². The molecule has 3 aromatic heterocycles. The van der Waals surface area contributed by atoms with E-state index in [9.17, 15) is 9.18 Å². The van der Waals surface area contributed by atoms with Gasteiger partial charge in [-0.05, 0) is 43.2 Å². The maximum absolute atomic E-state index is 13.5. The van der Waals surface area contributed by atoms with Crippen LogP contribution in [-0.2, 0) is 0 Å². The van der Waals surface area contributed by atoms with Crippen LogP contribution < -0.4 is 4.90 Å². The third-order valence-corrected chi connectivity index (χ3v) is 6.16. The highest BCUT2D eigenvalue weighted by atomic mass is 19.1. The van der Waals surface area contributed by atoms with Crippen molar-refractivity contribution in [2.45, 2.75) is 24.9 Å². The van der Waals surface area contributed by atoms with E-state index in [-0.39, 0.29) is 23.8 Å². The van der Waals surface area contributed by atoms with Crippen molar-refractivity contribution in [3.8, 4) is 0 Å². The lowest BCUT2D eigenvalue weighted by molar-refractivity contribution is 0.0636. The first-order valence-corrected chi connectivity index (χ1v) is 9.81. The molecule has 2 atom stereocenters. The fraction of sp³-hybridized carbons (Fsp3) is 0.286. The number of fused-ring (bicyclic) bond motifs is 4. The summed E-state index contributed by atoms with van der Waals surface area (Å²) in [5.41, 5.74) is 2.12. The van der Waals surface area contributed by atoms with Crippen molar-refractivity contribution in [1.82, 2.24) is 24.8 Å². The number of nitrogens with one attached hydrogen (secondary N) is 2. The highest BCUT2D eigenvalue weighted by molar-refractivity contribution is 5.98. The average molecular weight is 390 g/mol. The minimum atomic E-state index is -0.301. The summed E-state index contributed by atoms with van der Waals surface area (Å²) < 4.78 is 13.5. The number of anilines is 1. The Balaban J connectivity index is 1.30. The SMILES string of the molecule is O=C(c1cc2cc(F)ccc2[nH]1)N1C2CCC1CN(c1ncnc3[nH]ccc13)C2. The fourth-order valence-corrected chi connectivity index (χ4v) is 4.88. The van der Waals surface area contributed by atoms with Gasteiger partial charge in [0.2, 0.25) is 0 Å². The Hall–Kier alpha value is -3.42. The summed E-state index contributed by atoms with van der Waals surface area (Å²) in [6.45, 7) is 1.49. The maximum Gasteiger partial charge on any atom is 0.270 e. The van der Waals surface area contributed by atoms with Crippen LogP contribution in [-0.4, -0.2) is 55.9 Å². The van der Waals surface area contributed by atoms with Crippen molar-refractivity contribution >= 4 is 33.7 Å². The van der Waals surface area contributed by atoms with Gasteiger partial charge in [0.15, 0.2) is 0 Å². The smallest absolute Gasteiger partial charge is 0.270 e. The molecule has 4 aromatic rings. The third kappa shape index (κ3) is 2.52. The van der Waals surface area contributed by atoms with Crippen LogP contribution in [0.5, 0.6) is 0 Å². The topological polar surface area (TPSA) is 80.9 Å². The Kier molecular flexibility index (Phi) is 3.44. The number of aromatic nitrogens is 4. The second-order valence-electron chi connectivity index (χ2n) is 7.85. The lowest BCUT2D eigenvalue weighted by Crippen LogP contribution is -2.56. The van der Waals surface area contributed by atoms with E-state index in [1.165, 1.54) is 12.1 Å². The van der Waals surface area contributed by atoms with E-state index in [0.29, 0.717) is 5.69 Å². The number of nitrogens with zero attached hydrogens (tertiary/aromatic N) is 4. The molecule has 0 aliphatic carbocycles. The highest BCUT2D eigenvalue weighted by Gasteiger charge is 2.43. The first-order valence-electron chi connectivity index (χ1n) is 9.81. The molecular weight excluding hydrogens is 371 g/mol. The molecule has 29 heavy (non-hydrogen) atoms. The fourth-order valence-electron chi connectivity index (χ4n) is 4.88. The monoisotopic (exact) mass is 390 g/mol. The van der Waals surface area contributed by atoms with Crippen molar-refractivity contribution in [1.29, 1.82) is 0 Å². The summed E-state index contributed by atoms with van der Waals surface area (Å²) in [7, 11) is 0. The molecule has 1 amide bonds. The van der Waals surface area contributed by atoms with Gasteiger partial charge < -0.3 is 19.8 Å². The number of piperazine rings is 1. The number of amides is 1.